The summed E-state index contributed by atoms with van der Waals surface area (Å²) in [5, 5.41) is 2.42. The number of aliphatic imine (C=N–C) groups is 1. The molecule has 74 valence electrons. The zero-order chi connectivity index (χ0) is 10.4. The van der Waals surface area contributed by atoms with Gasteiger partial charge in [0.1, 0.15) is 0 Å². The number of nitrogens with zero attached hydrogens (tertiary/aromatic N) is 1. The van der Waals surface area contributed by atoms with Gasteiger partial charge in [-0.2, -0.15) is 0 Å². The smallest absolute Gasteiger partial charge is 0.316 e. The lowest BCUT2D eigenvalue weighted by atomic mass is 10.1. The molecule has 4 nitrogen and oxygen atoms in total. The van der Waals surface area contributed by atoms with Crippen molar-refractivity contribution in [2.75, 3.05) is 6.54 Å². The molecule has 0 rings (SSSR count). The molecule has 0 aliphatic heterocycles. The van der Waals surface area contributed by atoms with Crippen molar-refractivity contribution < 1.29 is 4.79 Å². The van der Waals surface area contributed by atoms with Gasteiger partial charge in [-0.3, -0.25) is 4.99 Å². The molecule has 0 spiro atoms. The molecule has 0 aromatic carbocycles. The van der Waals surface area contributed by atoms with Gasteiger partial charge < -0.3 is 11.1 Å². The van der Waals surface area contributed by atoms with Crippen LogP contribution in [0, 0.1) is 5.92 Å². The number of nitrogens with one attached hydrogen (secondary N) is 1. The minimum Gasteiger partial charge on any atom is -0.351 e. The van der Waals surface area contributed by atoms with E-state index in [-0.39, 0.29) is 5.92 Å². The van der Waals surface area contributed by atoms with Gasteiger partial charge in [0.25, 0.3) is 0 Å². The van der Waals surface area contributed by atoms with Crippen LogP contribution < -0.4 is 11.1 Å². The molecule has 0 atom stereocenters. The first-order valence-corrected chi connectivity index (χ1v) is 4.29. The second-order valence-corrected chi connectivity index (χ2v) is 2.98. The highest BCUT2D eigenvalue weighted by Gasteiger charge is 2.09. The summed E-state index contributed by atoms with van der Waals surface area (Å²) < 4.78 is 0. The minimum absolute atomic E-state index is 0.235. The van der Waals surface area contributed by atoms with E-state index in [0.717, 1.165) is 5.71 Å². The molecule has 0 radical (unpaired) electrons. The minimum atomic E-state index is -0.602. The van der Waals surface area contributed by atoms with Crippen LogP contribution in [0.5, 0.6) is 0 Å². The lowest BCUT2D eigenvalue weighted by Crippen LogP contribution is -2.33. The number of allylic oxidation sites excluding steroid dienone is 1. The maximum absolute atomic E-state index is 10.5. The SMILES string of the molecule is C=C(NC(N)=O)C(=NCC)C(C)C. The zero-order valence-electron chi connectivity index (χ0n) is 8.42. The molecule has 0 unspecified atom stereocenters. The molecule has 0 aliphatic rings. The Morgan fingerprint density at radius 3 is 2.46 bits per heavy atom. The van der Waals surface area contributed by atoms with E-state index in [9.17, 15) is 4.79 Å². The number of hydrogen-bond acceptors (Lipinski definition) is 2. The van der Waals surface area contributed by atoms with Crippen molar-refractivity contribution in [3.63, 3.8) is 0 Å². The predicted octanol–water partition coefficient (Wildman–Crippen LogP) is 1.29. The van der Waals surface area contributed by atoms with Crippen molar-refractivity contribution >= 4 is 11.7 Å². The number of rotatable bonds is 4. The van der Waals surface area contributed by atoms with Crippen LogP contribution in [0.1, 0.15) is 20.8 Å². The fourth-order valence-electron chi connectivity index (χ4n) is 1.01. The molecule has 0 heterocycles. The number of urea groups is 1. The average molecular weight is 183 g/mol. The van der Waals surface area contributed by atoms with Gasteiger partial charge in [0.2, 0.25) is 0 Å². The largest absolute Gasteiger partial charge is 0.351 e. The fourth-order valence-corrected chi connectivity index (χ4v) is 1.01. The van der Waals surface area contributed by atoms with E-state index in [1.165, 1.54) is 0 Å². The Morgan fingerprint density at radius 1 is 1.62 bits per heavy atom. The summed E-state index contributed by atoms with van der Waals surface area (Å²) in [6, 6.07) is -0.602. The van der Waals surface area contributed by atoms with Crippen LogP contribution in [0.4, 0.5) is 4.79 Å². The number of hydrogen-bond donors (Lipinski definition) is 2. The van der Waals surface area contributed by atoms with E-state index >= 15 is 0 Å². The molecule has 13 heavy (non-hydrogen) atoms. The Balaban J connectivity index is 4.48. The fraction of sp³-hybridized carbons (Fsp3) is 0.556. The summed E-state index contributed by atoms with van der Waals surface area (Å²) in [4.78, 5) is 14.8. The summed E-state index contributed by atoms with van der Waals surface area (Å²) >= 11 is 0. The lowest BCUT2D eigenvalue weighted by Gasteiger charge is -2.12. The van der Waals surface area contributed by atoms with Crippen LogP contribution in [-0.4, -0.2) is 18.3 Å². The van der Waals surface area contributed by atoms with Crippen molar-refractivity contribution in [1.82, 2.24) is 5.32 Å². The Labute approximate surface area is 78.9 Å². The van der Waals surface area contributed by atoms with Crippen LogP contribution in [0.25, 0.3) is 0 Å². The summed E-state index contributed by atoms with van der Waals surface area (Å²) in [6.45, 7) is 10.3. The first-order valence-electron chi connectivity index (χ1n) is 4.29. The maximum atomic E-state index is 10.5. The molecule has 0 aromatic heterocycles. The highest BCUT2D eigenvalue weighted by Crippen LogP contribution is 2.04. The van der Waals surface area contributed by atoms with E-state index in [0.29, 0.717) is 12.2 Å². The van der Waals surface area contributed by atoms with E-state index in [2.05, 4.69) is 16.9 Å². The van der Waals surface area contributed by atoms with Crippen LogP contribution in [0.3, 0.4) is 0 Å². The van der Waals surface area contributed by atoms with Crippen LogP contribution in [0.2, 0.25) is 0 Å². The molecule has 0 aromatic rings. The standard InChI is InChI=1S/C9H17N3O/c1-5-11-8(6(2)3)7(4)12-9(10)13/h6H,4-5H2,1-3H3,(H3,10,12,13). The normalized spacial score (nSPS) is 11.5. The van der Waals surface area contributed by atoms with Gasteiger partial charge in [-0.05, 0) is 12.8 Å². The monoisotopic (exact) mass is 183 g/mol. The summed E-state index contributed by atoms with van der Waals surface area (Å²) in [5.41, 5.74) is 6.24. The van der Waals surface area contributed by atoms with E-state index in [1.807, 2.05) is 20.8 Å². The van der Waals surface area contributed by atoms with Crippen molar-refractivity contribution in [2.24, 2.45) is 16.6 Å². The van der Waals surface area contributed by atoms with Crippen molar-refractivity contribution in [2.45, 2.75) is 20.8 Å². The molecule has 2 amide bonds. The summed E-state index contributed by atoms with van der Waals surface area (Å²) in [7, 11) is 0. The van der Waals surface area contributed by atoms with Crippen molar-refractivity contribution in [1.29, 1.82) is 0 Å². The van der Waals surface area contributed by atoms with E-state index < -0.39 is 6.03 Å². The molecular weight excluding hydrogens is 166 g/mol. The number of carbonyl (C=O) groups excluding carboxylic acids is 1. The molecule has 4 heteroatoms. The predicted molar refractivity (Wildman–Crippen MR) is 54.7 cm³/mol. The number of amides is 2. The Bertz CT molecular complexity index is 231. The number of nitrogens with two attached hydrogens (primary N) is 1. The van der Waals surface area contributed by atoms with Gasteiger partial charge >= 0.3 is 6.03 Å². The zero-order valence-corrected chi connectivity index (χ0v) is 8.42. The highest BCUT2D eigenvalue weighted by atomic mass is 16.2. The van der Waals surface area contributed by atoms with E-state index in [4.69, 9.17) is 5.73 Å². The van der Waals surface area contributed by atoms with Crippen LogP contribution in [0.15, 0.2) is 17.3 Å². The van der Waals surface area contributed by atoms with Gasteiger partial charge in [-0.15, -0.1) is 0 Å². The summed E-state index contributed by atoms with van der Waals surface area (Å²) in [5.74, 6) is 0.235. The third kappa shape index (κ3) is 4.30. The van der Waals surface area contributed by atoms with Crippen molar-refractivity contribution in [3.05, 3.63) is 12.3 Å². The van der Waals surface area contributed by atoms with Gasteiger partial charge in [-0.25, -0.2) is 4.79 Å². The topological polar surface area (TPSA) is 67.5 Å². The second-order valence-electron chi connectivity index (χ2n) is 2.98. The van der Waals surface area contributed by atoms with Gasteiger partial charge in [0.05, 0.1) is 11.4 Å². The number of primary amides is 1. The molecular formula is C9H17N3O. The van der Waals surface area contributed by atoms with Gasteiger partial charge in [0, 0.05) is 6.54 Å². The molecule has 0 saturated carbocycles. The number of carbonyl (C=O) groups is 1. The summed E-state index contributed by atoms with van der Waals surface area (Å²) in [6.07, 6.45) is 0. The van der Waals surface area contributed by atoms with E-state index in [1.54, 1.807) is 0 Å². The van der Waals surface area contributed by atoms with Gasteiger partial charge in [0.15, 0.2) is 0 Å². The Morgan fingerprint density at radius 2 is 2.15 bits per heavy atom. The van der Waals surface area contributed by atoms with Gasteiger partial charge in [-0.1, -0.05) is 20.4 Å². The molecule has 3 N–H and O–H groups in total. The molecule has 0 fully saturated rings. The second kappa shape index (κ2) is 5.35. The molecule has 0 saturated heterocycles. The quantitative estimate of drug-likeness (QED) is 0.633. The van der Waals surface area contributed by atoms with Crippen LogP contribution >= 0.6 is 0 Å². The van der Waals surface area contributed by atoms with Crippen LogP contribution in [-0.2, 0) is 0 Å². The Hall–Kier alpha value is -1.32. The Kier molecular flexibility index (Phi) is 4.80. The molecule has 0 bridgehead atoms. The third-order valence-electron chi connectivity index (χ3n) is 1.46. The van der Waals surface area contributed by atoms with Crippen molar-refractivity contribution in [3.8, 4) is 0 Å². The first-order chi connectivity index (χ1) is 5.99. The highest BCUT2D eigenvalue weighted by molar-refractivity contribution is 6.03. The third-order valence-corrected chi connectivity index (χ3v) is 1.46. The molecule has 0 aliphatic carbocycles. The average Bonchev–Trinajstić information content (AvgIpc) is 1.97. The lowest BCUT2D eigenvalue weighted by molar-refractivity contribution is 0.251. The maximum Gasteiger partial charge on any atom is 0.316 e. The first kappa shape index (κ1) is 11.7.